The first-order valence-electron chi connectivity index (χ1n) is 9.06. The predicted molar refractivity (Wildman–Crippen MR) is 93.8 cm³/mol. The highest BCUT2D eigenvalue weighted by Gasteiger charge is 2.36. The van der Waals surface area contributed by atoms with Gasteiger partial charge in [-0.15, -0.1) is 0 Å². The van der Waals surface area contributed by atoms with E-state index in [2.05, 4.69) is 24.2 Å². The first-order valence-corrected chi connectivity index (χ1v) is 9.06. The van der Waals surface area contributed by atoms with E-state index in [1.165, 1.54) is 18.4 Å². The summed E-state index contributed by atoms with van der Waals surface area (Å²) in [7, 11) is 0. The number of fused-ring (bicyclic) bond motifs is 1. The molecule has 2 aliphatic rings. The fourth-order valence-corrected chi connectivity index (χ4v) is 3.48. The first kappa shape index (κ1) is 18.7. The molecule has 0 radical (unpaired) electrons. The van der Waals surface area contributed by atoms with Crippen LogP contribution in [-0.2, 0) is 9.63 Å². The van der Waals surface area contributed by atoms with Crippen molar-refractivity contribution in [3.63, 3.8) is 0 Å². The monoisotopic (exact) mass is 335 g/mol. The molecule has 0 amide bonds. The molecular weight excluding hydrogens is 306 g/mol. The molecule has 3 atom stereocenters. The van der Waals surface area contributed by atoms with Crippen molar-refractivity contribution in [2.24, 2.45) is 17.0 Å². The number of allylic oxidation sites excluding steroid dienone is 3. The summed E-state index contributed by atoms with van der Waals surface area (Å²) < 4.78 is 0. The molecule has 2 N–H and O–H groups in total. The Labute approximate surface area is 144 Å². The third-order valence-electron chi connectivity index (χ3n) is 4.82. The van der Waals surface area contributed by atoms with Crippen LogP contribution >= 0.6 is 0 Å². The molecule has 0 aromatic carbocycles. The van der Waals surface area contributed by atoms with E-state index in [0.717, 1.165) is 37.8 Å². The number of aliphatic hydroxyl groups excluding tert-OH is 1. The Morgan fingerprint density at radius 3 is 3.04 bits per heavy atom. The van der Waals surface area contributed by atoms with Crippen molar-refractivity contribution in [3.8, 4) is 0 Å². The van der Waals surface area contributed by atoms with Crippen molar-refractivity contribution in [1.29, 1.82) is 0 Å². The van der Waals surface area contributed by atoms with Crippen LogP contribution in [0.25, 0.3) is 0 Å². The molecule has 0 aromatic heterocycles. The third kappa shape index (κ3) is 5.78. The largest absolute Gasteiger partial charge is 0.481 e. The summed E-state index contributed by atoms with van der Waals surface area (Å²) in [6.45, 7) is 2.29. The van der Waals surface area contributed by atoms with E-state index < -0.39 is 5.97 Å². The number of nitrogens with zero attached hydrogens (tertiary/aromatic N) is 1. The number of rotatable bonds is 10. The summed E-state index contributed by atoms with van der Waals surface area (Å²) in [6.07, 6.45) is 13.0. The Kier molecular flexibility index (Phi) is 7.50. The highest BCUT2D eigenvalue weighted by atomic mass is 16.6. The van der Waals surface area contributed by atoms with Gasteiger partial charge in [-0.2, -0.15) is 0 Å². The van der Waals surface area contributed by atoms with Crippen LogP contribution in [0.2, 0.25) is 0 Å². The van der Waals surface area contributed by atoms with E-state index >= 15 is 0 Å². The number of aliphatic carboxylic acids is 1. The lowest BCUT2D eigenvalue weighted by Gasteiger charge is -2.11. The van der Waals surface area contributed by atoms with Crippen molar-refractivity contribution in [3.05, 3.63) is 23.8 Å². The summed E-state index contributed by atoms with van der Waals surface area (Å²) in [4.78, 5) is 15.6. The SMILES string of the molecule is CCCCCC(O)/C=C\C1=CC[C@@H]2C/C(=N\OCCC(=O)O)C[C@@H]12. The van der Waals surface area contributed by atoms with Crippen molar-refractivity contribution in [2.45, 2.75) is 64.4 Å². The van der Waals surface area contributed by atoms with Crippen LogP contribution < -0.4 is 0 Å². The normalized spacial score (nSPS) is 25.9. The quantitative estimate of drug-likeness (QED) is 0.471. The van der Waals surface area contributed by atoms with Gasteiger partial charge in [-0.3, -0.25) is 4.79 Å². The Hall–Kier alpha value is -1.62. The Balaban J connectivity index is 1.77. The molecule has 1 unspecified atom stereocenters. The molecule has 2 rings (SSSR count). The van der Waals surface area contributed by atoms with Gasteiger partial charge >= 0.3 is 5.97 Å². The number of hydrogen-bond acceptors (Lipinski definition) is 4. The Morgan fingerprint density at radius 1 is 1.46 bits per heavy atom. The van der Waals surface area contributed by atoms with Crippen LogP contribution in [0.1, 0.15) is 58.3 Å². The topological polar surface area (TPSA) is 79.1 Å². The lowest BCUT2D eigenvalue weighted by atomic mass is 9.94. The van der Waals surface area contributed by atoms with Crippen LogP contribution in [0.15, 0.2) is 29.0 Å². The maximum absolute atomic E-state index is 10.4. The van der Waals surface area contributed by atoms with Gasteiger partial charge in [0.2, 0.25) is 0 Å². The van der Waals surface area contributed by atoms with E-state index in [9.17, 15) is 9.90 Å². The summed E-state index contributed by atoms with van der Waals surface area (Å²) in [5.41, 5.74) is 2.32. The molecule has 0 aliphatic heterocycles. The van der Waals surface area contributed by atoms with Crippen LogP contribution in [0, 0.1) is 11.8 Å². The molecule has 5 heteroatoms. The molecule has 1 fully saturated rings. The van der Waals surface area contributed by atoms with Gasteiger partial charge in [0.05, 0.1) is 18.2 Å². The molecular formula is C19H29NO4. The number of hydrogen-bond donors (Lipinski definition) is 2. The number of oxime groups is 1. The smallest absolute Gasteiger partial charge is 0.306 e. The second-order valence-electron chi connectivity index (χ2n) is 6.77. The number of carbonyl (C=O) groups is 1. The highest BCUT2D eigenvalue weighted by Crippen LogP contribution is 2.43. The maximum atomic E-state index is 10.4. The average Bonchev–Trinajstić information content (AvgIpc) is 3.10. The molecule has 0 saturated heterocycles. The van der Waals surface area contributed by atoms with Gasteiger partial charge in [0.15, 0.2) is 0 Å². The van der Waals surface area contributed by atoms with E-state index in [1.54, 1.807) is 0 Å². The fraction of sp³-hybridized carbons (Fsp3) is 0.684. The standard InChI is InChI=1S/C19H29NO4/c1-2-3-4-5-17(21)9-8-14-6-7-15-12-16(13-18(14)15)20-24-11-10-19(22)23/h6,8-9,15,17-18,21H,2-5,7,10-13H2,1H3,(H,22,23)/b9-8-,20-16+/t15-,17?,18+/m1/s1. The predicted octanol–water partition coefficient (Wildman–Crippen LogP) is 3.69. The zero-order valence-corrected chi connectivity index (χ0v) is 14.5. The van der Waals surface area contributed by atoms with E-state index in [-0.39, 0.29) is 19.1 Å². The van der Waals surface area contributed by atoms with Crippen molar-refractivity contribution in [1.82, 2.24) is 0 Å². The van der Waals surface area contributed by atoms with Crippen LogP contribution in [0.5, 0.6) is 0 Å². The van der Waals surface area contributed by atoms with Crippen LogP contribution in [0.4, 0.5) is 0 Å². The minimum absolute atomic E-state index is 0.0204. The number of carboxylic acids is 1. The van der Waals surface area contributed by atoms with Gasteiger partial charge in [-0.25, -0.2) is 0 Å². The third-order valence-corrected chi connectivity index (χ3v) is 4.82. The number of carboxylic acid groups (broad SMARTS) is 1. The summed E-state index contributed by atoms with van der Waals surface area (Å²) in [5.74, 6) is 0.168. The molecule has 2 aliphatic carbocycles. The minimum atomic E-state index is -0.869. The minimum Gasteiger partial charge on any atom is -0.481 e. The van der Waals surface area contributed by atoms with Crippen molar-refractivity contribution in [2.75, 3.05) is 6.61 Å². The first-order chi connectivity index (χ1) is 11.6. The second-order valence-corrected chi connectivity index (χ2v) is 6.77. The molecule has 134 valence electrons. The molecule has 0 spiro atoms. The lowest BCUT2D eigenvalue weighted by molar-refractivity contribution is -0.138. The van der Waals surface area contributed by atoms with Gasteiger partial charge in [0.25, 0.3) is 0 Å². The van der Waals surface area contributed by atoms with Gasteiger partial charge in [0, 0.05) is 0 Å². The van der Waals surface area contributed by atoms with Gasteiger partial charge in [-0.05, 0) is 43.1 Å². The molecule has 0 bridgehead atoms. The summed E-state index contributed by atoms with van der Waals surface area (Å²) in [5, 5.41) is 22.7. The summed E-state index contributed by atoms with van der Waals surface area (Å²) >= 11 is 0. The Morgan fingerprint density at radius 2 is 2.29 bits per heavy atom. The molecule has 24 heavy (non-hydrogen) atoms. The number of aliphatic hydroxyl groups is 1. The highest BCUT2D eigenvalue weighted by molar-refractivity contribution is 5.87. The molecule has 0 heterocycles. The fourth-order valence-electron chi connectivity index (χ4n) is 3.48. The van der Waals surface area contributed by atoms with Gasteiger partial charge in [0.1, 0.15) is 6.61 Å². The number of unbranched alkanes of at least 4 members (excludes halogenated alkanes) is 2. The summed E-state index contributed by atoms with van der Waals surface area (Å²) in [6, 6.07) is 0. The van der Waals surface area contributed by atoms with Gasteiger partial charge in [-0.1, -0.05) is 49.6 Å². The van der Waals surface area contributed by atoms with Crippen molar-refractivity contribution < 1.29 is 19.8 Å². The zero-order valence-electron chi connectivity index (χ0n) is 14.5. The Bertz CT molecular complexity index is 509. The average molecular weight is 335 g/mol. The molecule has 5 nitrogen and oxygen atoms in total. The second kappa shape index (κ2) is 9.62. The molecule has 1 saturated carbocycles. The van der Waals surface area contributed by atoms with Crippen molar-refractivity contribution >= 4 is 11.7 Å². The van der Waals surface area contributed by atoms with Crippen LogP contribution in [0.3, 0.4) is 0 Å². The van der Waals surface area contributed by atoms with E-state index in [1.807, 2.05) is 6.08 Å². The zero-order chi connectivity index (χ0) is 17.4. The molecule has 0 aromatic rings. The van der Waals surface area contributed by atoms with Crippen LogP contribution in [-0.4, -0.2) is 34.6 Å². The maximum Gasteiger partial charge on any atom is 0.306 e. The van der Waals surface area contributed by atoms with E-state index in [0.29, 0.717) is 11.8 Å². The van der Waals surface area contributed by atoms with Gasteiger partial charge < -0.3 is 15.1 Å². The van der Waals surface area contributed by atoms with E-state index in [4.69, 9.17) is 9.94 Å². The lowest BCUT2D eigenvalue weighted by Crippen LogP contribution is -2.04.